The van der Waals surface area contributed by atoms with Crippen LogP contribution < -0.4 is 5.32 Å². The van der Waals surface area contributed by atoms with E-state index in [0.717, 1.165) is 17.5 Å². The van der Waals surface area contributed by atoms with E-state index in [2.05, 4.69) is 5.32 Å². The number of ether oxygens (including phenoxy) is 1. The zero-order valence-corrected chi connectivity index (χ0v) is 9.95. The highest BCUT2D eigenvalue weighted by Gasteiger charge is 2.04. The first-order chi connectivity index (χ1) is 7.74. The van der Waals surface area contributed by atoms with E-state index in [1.54, 1.807) is 7.11 Å². The molecule has 3 heteroatoms. The molecule has 0 aromatic heterocycles. The van der Waals surface area contributed by atoms with Gasteiger partial charge in [-0.15, -0.1) is 0 Å². The number of rotatable bonds is 6. The molecule has 1 N–H and O–H groups in total. The topological polar surface area (TPSA) is 38.3 Å². The molecule has 1 amide bonds. The number of carbonyl (C=O) groups is 1. The predicted molar refractivity (Wildman–Crippen MR) is 64.4 cm³/mol. The van der Waals surface area contributed by atoms with Crippen LogP contribution in [0.15, 0.2) is 24.3 Å². The normalized spacial score (nSPS) is 10.1. The zero-order chi connectivity index (χ0) is 11.8. The molecule has 0 aliphatic carbocycles. The fourth-order valence-electron chi connectivity index (χ4n) is 1.49. The lowest BCUT2D eigenvalue weighted by atomic mass is 10.1. The summed E-state index contributed by atoms with van der Waals surface area (Å²) < 4.78 is 4.91. The predicted octanol–water partition coefficient (Wildman–Crippen LogP) is 1.69. The Hall–Kier alpha value is -1.35. The fraction of sp³-hybridized carbons (Fsp3) is 0.462. The summed E-state index contributed by atoms with van der Waals surface area (Å²) in [5, 5.41) is 2.87. The molecule has 0 aliphatic rings. The Morgan fingerprint density at radius 1 is 1.38 bits per heavy atom. The van der Waals surface area contributed by atoms with Gasteiger partial charge in [0, 0.05) is 20.3 Å². The van der Waals surface area contributed by atoms with Crippen LogP contribution in [0.2, 0.25) is 0 Å². The van der Waals surface area contributed by atoms with Crippen molar-refractivity contribution in [3.05, 3.63) is 35.4 Å². The summed E-state index contributed by atoms with van der Waals surface area (Å²) in [7, 11) is 1.66. The van der Waals surface area contributed by atoms with Gasteiger partial charge in [-0.2, -0.15) is 0 Å². The minimum atomic E-state index is 0.0744. The summed E-state index contributed by atoms with van der Waals surface area (Å²) >= 11 is 0. The smallest absolute Gasteiger partial charge is 0.224 e. The van der Waals surface area contributed by atoms with Crippen molar-refractivity contribution in [1.29, 1.82) is 0 Å². The average Bonchev–Trinajstić information content (AvgIpc) is 2.28. The highest BCUT2D eigenvalue weighted by molar-refractivity contribution is 5.78. The molecule has 0 spiro atoms. The lowest BCUT2D eigenvalue weighted by molar-refractivity contribution is -0.120. The van der Waals surface area contributed by atoms with Gasteiger partial charge >= 0.3 is 0 Å². The summed E-state index contributed by atoms with van der Waals surface area (Å²) in [6, 6.07) is 7.95. The number of hydrogen-bond acceptors (Lipinski definition) is 2. The third-order valence-electron chi connectivity index (χ3n) is 2.46. The third kappa shape index (κ3) is 4.45. The maximum absolute atomic E-state index is 11.6. The van der Waals surface area contributed by atoms with E-state index in [-0.39, 0.29) is 5.91 Å². The van der Waals surface area contributed by atoms with Gasteiger partial charge in [-0.3, -0.25) is 4.79 Å². The van der Waals surface area contributed by atoms with Crippen LogP contribution in [0.4, 0.5) is 0 Å². The maximum Gasteiger partial charge on any atom is 0.224 e. The van der Waals surface area contributed by atoms with Gasteiger partial charge in [-0.25, -0.2) is 0 Å². The number of amides is 1. The van der Waals surface area contributed by atoms with E-state index in [1.807, 2.05) is 31.2 Å². The Morgan fingerprint density at radius 3 is 2.81 bits per heavy atom. The summed E-state index contributed by atoms with van der Waals surface area (Å²) in [6.07, 6.45) is 1.32. The van der Waals surface area contributed by atoms with Gasteiger partial charge in [0.15, 0.2) is 0 Å². The highest BCUT2D eigenvalue weighted by Crippen LogP contribution is 2.07. The molecule has 1 aromatic rings. The Labute approximate surface area is 96.8 Å². The molecule has 0 saturated heterocycles. The zero-order valence-electron chi connectivity index (χ0n) is 9.95. The average molecular weight is 221 g/mol. The van der Waals surface area contributed by atoms with E-state index in [0.29, 0.717) is 19.6 Å². The molecule has 3 nitrogen and oxygen atoms in total. The van der Waals surface area contributed by atoms with Gasteiger partial charge in [0.1, 0.15) is 0 Å². The van der Waals surface area contributed by atoms with Crippen LogP contribution in [-0.4, -0.2) is 26.2 Å². The third-order valence-corrected chi connectivity index (χ3v) is 2.46. The van der Waals surface area contributed by atoms with Crippen LogP contribution in [-0.2, 0) is 16.0 Å². The number of hydrogen-bond donors (Lipinski definition) is 1. The first-order valence-electron chi connectivity index (χ1n) is 5.54. The van der Waals surface area contributed by atoms with Crippen molar-refractivity contribution in [2.45, 2.75) is 19.8 Å². The van der Waals surface area contributed by atoms with Crippen LogP contribution >= 0.6 is 0 Å². The lowest BCUT2D eigenvalue weighted by Gasteiger charge is -2.06. The number of nitrogens with one attached hydrogen (secondary N) is 1. The number of benzene rings is 1. The number of carbonyl (C=O) groups excluding carboxylic acids is 1. The monoisotopic (exact) mass is 221 g/mol. The lowest BCUT2D eigenvalue weighted by Crippen LogP contribution is -2.26. The van der Waals surface area contributed by atoms with Crippen LogP contribution in [0, 0.1) is 6.92 Å². The van der Waals surface area contributed by atoms with E-state index < -0.39 is 0 Å². The van der Waals surface area contributed by atoms with Crippen molar-refractivity contribution in [2.75, 3.05) is 20.3 Å². The molecule has 0 aliphatic heterocycles. The van der Waals surface area contributed by atoms with Crippen LogP contribution in [0.1, 0.15) is 17.5 Å². The van der Waals surface area contributed by atoms with Crippen molar-refractivity contribution in [3.63, 3.8) is 0 Å². The van der Waals surface area contributed by atoms with Gasteiger partial charge in [0.2, 0.25) is 5.91 Å². The van der Waals surface area contributed by atoms with Crippen LogP contribution in [0.5, 0.6) is 0 Å². The number of methoxy groups -OCH3 is 1. The molecular weight excluding hydrogens is 202 g/mol. The summed E-state index contributed by atoms with van der Waals surface area (Å²) in [6.45, 7) is 3.39. The van der Waals surface area contributed by atoms with Crippen molar-refractivity contribution in [2.24, 2.45) is 0 Å². The molecule has 1 rings (SSSR count). The molecule has 0 fully saturated rings. The molecule has 1 aromatic carbocycles. The second-order valence-corrected chi connectivity index (χ2v) is 3.80. The van der Waals surface area contributed by atoms with E-state index in [9.17, 15) is 4.79 Å². The first kappa shape index (κ1) is 12.7. The molecule has 0 unspecified atom stereocenters. The van der Waals surface area contributed by atoms with E-state index in [1.165, 1.54) is 0 Å². The van der Waals surface area contributed by atoms with Crippen molar-refractivity contribution < 1.29 is 9.53 Å². The second-order valence-electron chi connectivity index (χ2n) is 3.80. The maximum atomic E-state index is 11.6. The molecule has 0 heterocycles. The quantitative estimate of drug-likeness (QED) is 0.742. The van der Waals surface area contributed by atoms with Gasteiger partial charge < -0.3 is 10.1 Å². The summed E-state index contributed by atoms with van der Waals surface area (Å²) in [4.78, 5) is 11.6. The van der Waals surface area contributed by atoms with Crippen molar-refractivity contribution in [3.8, 4) is 0 Å². The highest BCUT2D eigenvalue weighted by atomic mass is 16.5. The minimum absolute atomic E-state index is 0.0744. The summed E-state index contributed by atoms with van der Waals surface area (Å²) in [5.74, 6) is 0.0744. The number of aryl methyl sites for hydroxylation is 1. The van der Waals surface area contributed by atoms with Crippen LogP contribution in [0.25, 0.3) is 0 Å². The standard InChI is InChI=1S/C13H19NO2/c1-11-6-3-4-7-12(11)10-13(15)14-8-5-9-16-2/h3-4,6-7H,5,8-10H2,1-2H3,(H,14,15). The molecule has 16 heavy (non-hydrogen) atoms. The molecule has 88 valence electrons. The Bertz CT molecular complexity index is 336. The van der Waals surface area contributed by atoms with Crippen LogP contribution in [0.3, 0.4) is 0 Å². The molecule has 0 bridgehead atoms. The fourth-order valence-corrected chi connectivity index (χ4v) is 1.49. The SMILES string of the molecule is COCCCNC(=O)Cc1ccccc1C. The molecule has 0 saturated carbocycles. The largest absolute Gasteiger partial charge is 0.385 e. The van der Waals surface area contributed by atoms with Gasteiger partial charge in [0.25, 0.3) is 0 Å². The summed E-state index contributed by atoms with van der Waals surface area (Å²) in [5.41, 5.74) is 2.25. The van der Waals surface area contributed by atoms with Gasteiger partial charge in [-0.05, 0) is 24.5 Å². The Balaban J connectivity index is 2.32. The molecular formula is C13H19NO2. The van der Waals surface area contributed by atoms with Gasteiger partial charge in [0.05, 0.1) is 6.42 Å². The molecule has 0 radical (unpaired) electrons. The minimum Gasteiger partial charge on any atom is -0.385 e. The second kappa shape index (κ2) is 7.01. The van der Waals surface area contributed by atoms with E-state index >= 15 is 0 Å². The van der Waals surface area contributed by atoms with Crippen molar-refractivity contribution >= 4 is 5.91 Å². The Morgan fingerprint density at radius 2 is 2.12 bits per heavy atom. The van der Waals surface area contributed by atoms with E-state index in [4.69, 9.17) is 4.74 Å². The Kier molecular flexibility index (Phi) is 5.57. The van der Waals surface area contributed by atoms with Gasteiger partial charge in [-0.1, -0.05) is 24.3 Å². The molecule has 0 atom stereocenters. The first-order valence-corrected chi connectivity index (χ1v) is 5.54. The van der Waals surface area contributed by atoms with Crippen molar-refractivity contribution in [1.82, 2.24) is 5.32 Å².